The predicted octanol–water partition coefficient (Wildman–Crippen LogP) is 11.9. The van der Waals surface area contributed by atoms with Crippen molar-refractivity contribution in [2.75, 3.05) is 4.81 Å². The summed E-state index contributed by atoms with van der Waals surface area (Å²) in [5, 5.41) is 3.67. The third kappa shape index (κ3) is 4.47. The van der Waals surface area contributed by atoms with Crippen LogP contribution in [0.4, 0.5) is 11.4 Å². The van der Waals surface area contributed by atoms with Gasteiger partial charge < -0.3 is 13.8 Å². The molecule has 0 spiro atoms. The summed E-state index contributed by atoms with van der Waals surface area (Å²) in [7, 11) is 0. The molecule has 0 unspecified atom stereocenters. The maximum Gasteiger partial charge on any atom is 0.333 e. The van der Waals surface area contributed by atoms with Crippen molar-refractivity contribution < 1.29 is 4.42 Å². The Bertz CT molecular complexity index is 3110. The zero-order valence-electron chi connectivity index (χ0n) is 30.9. The molecule has 12 rings (SSSR count). The second-order valence-electron chi connectivity index (χ2n) is 15.3. The van der Waals surface area contributed by atoms with E-state index in [1.165, 1.54) is 77.5 Å². The summed E-state index contributed by atoms with van der Waals surface area (Å²) >= 11 is 0. The molecule has 8 aromatic carbocycles. The fraction of sp³-hybridized carbons (Fsp3) is 0.0385. The summed E-state index contributed by atoms with van der Waals surface area (Å²) in [6.45, 7) is 2.08. The van der Waals surface area contributed by atoms with Crippen LogP contribution in [-0.4, -0.2) is 11.4 Å². The second-order valence-corrected chi connectivity index (χ2v) is 15.3. The van der Waals surface area contributed by atoms with Gasteiger partial charge >= 0.3 is 6.85 Å². The Morgan fingerprint density at radius 2 is 1.23 bits per heavy atom. The number of benzene rings is 8. The Balaban J connectivity index is 1.26. The highest BCUT2D eigenvalue weighted by Crippen LogP contribution is 2.49. The molecule has 262 valence electrons. The minimum atomic E-state index is -0.0858. The number of hydrogen-bond acceptors (Lipinski definition) is 2. The lowest BCUT2D eigenvalue weighted by atomic mass is 9.43. The maximum absolute atomic E-state index is 6.73. The standard InChI is InChI=1S/C52H35BN2O/c1-33-25-27-38(28-26-33)55-45-24-14-11-21-39(45)41-31-42(49(35-17-7-3-8-18-35)36-19-9-4-10-20-36)50-40-22-12-13-23-44(40)54-46-32-48-37(29-43(46)53(55)51(41)52(50)54)30-47(56-48)34-15-5-2-6-16-34/h2-32,49H,1H3. The molecule has 2 aliphatic heterocycles. The van der Waals surface area contributed by atoms with E-state index in [4.69, 9.17) is 4.42 Å². The van der Waals surface area contributed by atoms with Gasteiger partial charge in [-0.15, -0.1) is 0 Å². The van der Waals surface area contributed by atoms with Crippen LogP contribution in [0.3, 0.4) is 0 Å². The number of anilines is 2. The molecule has 0 radical (unpaired) electrons. The van der Waals surface area contributed by atoms with Gasteiger partial charge in [0.2, 0.25) is 0 Å². The van der Waals surface area contributed by atoms with Crippen LogP contribution < -0.4 is 15.7 Å². The zero-order valence-corrected chi connectivity index (χ0v) is 30.9. The molecule has 0 atom stereocenters. The van der Waals surface area contributed by atoms with Gasteiger partial charge in [0.1, 0.15) is 11.3 Å². The first-order valence-electron chi connectivity index (χ1n) is 19.5. The monoisotopic (exact) mass is 714 g/mol. The molecule has 0 bridgehead atoms. The van der Waals surface area contributed by atoms with E-state index in [9.17, 15) is 0 Å². The van der Waals surface area contributed by atoms with E-state index in [1.54, 1.807) is 0 Å². The average molecular weight is 715 g/mol. The number of hydrogen-bond donors (Lipinski definition) is 0. The van der Waals surface area contributed by atoms with Gasteiger partial charge in [-0.3, -0.25) is 0 Å². The molecule has 2 aromatic heterocycles. The number of nitrogens with zero attached hydrogens (tertiary/aromatic N) is 2. The first kappa shape index (κ1) is 31.3. The molecular formula is C52H35BN2O. The van der Waals surface area contributed by atoms with Crippen molar-refractivity contribution in [1.29, 1.82) is 0 Å². The molecule has 0 N–H and O–H groups in total. The first-order chi connectivity index (χ1) is 27.7. The minimum Gasteiger partial charge on any atom is -0.456 e. The lowest BCUT2D eigenvalue weighted by Crippen LogP contribution is -2.60. The number of furan rings is 1. The third-order valence-corrected chi connectivity index (χ3v) is 12.1. The van der Waals surface area contributed by atoms with E-state index in [0.717, 1.165) is 28.0 Å². The highest BCUT2D eigenvalue weighted by molar-refractivity contribution is 6.93. The molecule has 0 saturated heterocycles. The summed E-state index contributed by atoms with van der Waals surface area (Å²) in [6, 6.07) is 69.1. The van der Waals surface area contributed by atoms with Crippen LogP contribution in [-0.2, 0) is 0 Å². The van der Waals surface area contributed by atoms with Crippen LogP contribution >= 0.6 is 0 Å². The highest BCUT2D eigenvalue weighted by atomic mass is 16.3. The molecule has 56 heavy (non-hydrogen) atoms. The summed E-state index contributed by atoms with van der Waals surface area (Å²) in [4.78, 5) is 2.59. The quantitative estimate of drug-likeness (QED) is 0.131. The molecule has 2 aliphatic rings. The molecule has 10 aromatic rings. The molecule has 0 aliphatic carbocycles. The molecule has 4 heterocycles. The Labute approximate surface area is 325 Å². The van der Waals surface area contributed by atoms with E-state index in [1.807, 2.05) is 0 Å². The van der Waals surface area contributed by atoms with Crippen molar-refractivity contribution in [3.8, 4) is 28.1 Å². The lowest BCUT2D eigenvalue weighted by molar-refractivity contribution is 0.631. The number of aromatic nitrogens is 1. The maximum atomic E-state index is 6.73. The topological polar surface area (TPSA) is 21.3 Å². The molecular weight excluding hydrogens is 679 g/mol. The Kier molecular flexibility index (Phi) is 6.70. The molecule has 0 fully saturated rings. The normalized spacial score (nSPS) is 12.8. The first-order valence-corrected chi connectivity index (χ1v) is 19.5. The van der Waals surface area contributed by atoms with Crippen LogP contribution in [0.5, 0.6) is 0 Å². The summed E-state index contributed by atoms with van der Waals surface area (Å²) in [5.41, 5.74) is 18.3. The summed E-state index contributed by atoms with van der Waals surface area (Å²) < 4.78 is 9.28. The largest absolute Gasteiger partial charge is 0.456 e. The van der Waals surface area contributed by atoms with Crippen molar-refractivity contribution in [3.05, 3.63) is 210 Å². The Hall–Kier alpha value is -7.04. The van der Waals surface area contributed by atoms with Crippen LogP contribution in [0.25, 0.3) is 60.9 Å². The van der Waals surface area contributed by atoms with E-state index in [-0.39, 0.29) is 12.8 Å². The number of para-hydroxylation sites is 2. The van der Waals surface area contributed by atoms with Crippen LogP contribution in [0.15, 0.2) is 192 Å². The Morgan fingerprint density at radius 1 is 0.571 bits per heavy atom. The molecule has 4 heteroatoms. The van der Waals surface area contributed by atoms with Crippen molar-refractivity contribution in [1.82, 2.24) is 4.57 Å². The second kappa shape index (κ2) is 12.0. The van der Waals surface area contributed by atoms with E-state index >= 15 is 0 Å². The average Bonchev–Trinajstić information content (AvgIpc) is 3.84. The van der Waals surface area contributed by atoms with Gasteiger partial charge in [0.15, 0.2) is 0 Å². The highest BCUT2D eigenvalue weighted by Gasteiger charge is 2.45. The van der Waals surface area contributed by atoms with Gasteiger partial charge in [-0.25, -0.2) is 0 Å². The van der Waals surface area contributed by atoms with Gasteiger partial charge in [0.25, 0.3) is 0 Å². The summed E-state index contributed by atoms with van der Waals surface area (Å²) in [5.74, 6) is 0.897. The van der Waals surface area contributed by atoms with E-state index in [2.05, 4.69) is 204 Å². The molecule has 0 amide bonds. The van der Waals surface area contributed by atoms with Gasteiger partial charge in [-0.1, -0.05) is 151 Å². The lowest BCUT2D eigenvalue weighted by Gasteiger charge is -2.42. The third-order valence-electron chi connectivity index (χ3n) is 12.1. The van der Waals surface area contributed by atoms with E-state index < -0.39 is 0 Å². The zero-order chi connectivity index (χ0) is 36.9. The number of fused-ring (bicyclic) bond motifs is 9. The van der Waals surface area contributed by atoms with Crippen LogP contribution in [0.2, 0.25) is 0 Å². The fourth-order valence-electron chi connectivity index (χ4n) is 9.76. The molecule has 3 nitrogen and oxygen atoms in total. The van der Waals surface area contributed by atoms with Gasteiger partial charge in [0, 0.05) is 56.3 Å². The van der Waals surface area contributed by atoms with Crippen LogP contribution in [0, 0.1) is 6.92 Å². The van der Waals surface area contributed by atoms with Crippen molar-refractivity contribution >= 4 is 61.9 Å². The van der Waals surface area contributed by atoms with Gasteiger partial charge in [-0.05, 0) is 76.5 Å². The van der Waals surface area contributed by atoms with Crippen molar-refractivity contribution in [2.24, 2.45) is 0 Å². The Morgan fingerprint density at radius 3 is 1.98 bits per heavy atom. The summed E-state index contributed by atoms with van der Waals surface area (Å²) in [6.07, 6.45) is 0. The predicted molar refractivity (Wildman–Crippen MR) is 234 cm³/mol. The van der Waals surface area contributed by atoms with Crippen LogP contribution in [0.1, 0.15) is 28.2 Å². The minimum absolute atomic E-state index is 0.0186. The number of aryl methyl sites for hydroxylation is 1. The van der Waals surface area contributed by atoms with Gasteiger partial charge in [0.05, 0.1) is 11.0 Å². The van der Waals surface area contributed by atoms with E-state index in [0.29, 0.717) is 0 Å². The van der Waals surface area contributed by atoms with Crippen molar-refractivity contribution in [2.45, 2.75) is 12.8 Å². The van der Waals surface area contributed by atoms with Gasteiger partial charge in [-0.2, -0.15) is 0 Å². The van der Waals surface area contributed by atoms with Crippen molar-refractivity contribution in [3.63, 3.8) is 0 Å². The SMILES string of the molecule is Cc1ccc(N2B3c4cc5cc(-c6ccccc6)oc5cc4-n4c5ccccc5c5c(C(c6ccccc6)c6ccccc6)cc(c3c54)-c3ccccc32)cc1. The molecule has 0 saturated carbocycles. The number of rotatable bonds is 5. The fourth-order valence-corrected chi connectivity index (χ4v) is 9.76. The smallest absolute Gasteiger partial charge is 0.333 e.